The molecule has 2 aromatic carbocycles. The van der Waals surface area contributed by atoms with Gasteiger partial charge in [0.1, 0.15) is 0 Å². The van der Waals surface area contributed by atoms with Gasteiger partial charge in [-0.1, -0.05) is 29.8 Å². The van der Waals surface area contributed by atoms with Crippen LogP contribution in [0.5, 0.6) is 0 Å². The molecule has 0 aliphatic rings. The number of rotatable bonds is 5. The first-order valence-electron chi connectivity index (χ1n) is 7.27. The Labute approximate surface area is 134 Å². The molecule has 0 atom stereocenters. The van der Waals surface area contributed by atoms with Crippen LogP contribution in [0.4, 0.5) is 5.95 Å². The number of nitrogens with two attached hydrogens (primary N) is 1. The first-order chi connectivity index (χ1) is 10.7. The fourth-order valence-electron chi connectivity index (χ4n) is 2.62. The van der Waals surface area contributed by atoms with E-state index in [2.05, 4.69) is 11.1 Å². The van der Waals surface area contributed by atoms with Crippen molar-refractivity contribution in [1.82, 2.24) is 9.55 Å². The van der Waals surface area contributed by atoms with Gasteiger partial charge in [-0.2, -0.15) is 0 Å². The van der Waals surface area contributed by atoms with Crippen molar-refractivity contribution in [2.45, 2.75) is 19.4 Å². The number of hydrogen-bond acceptors (Lipinski definition) is 3. The van der Waals surface area contributed by atoms with Gasteiger partial charge >= 0.3 is 0 Å². The minimum absolute atomic E-state index is 0.198. The number of imidazole rings is 1. The Bertz CT molecular complexity index is 798. The number of aliphatic hydroxyl groups is 1. The molecule has 5 heteroatoms. The van der Waals surface area contributed by atoms with E-state index >= 15 is 0 Å². The number of hydrogen-bond donors (Lipinski definition) is 2. The van der Waals surface area contributed by atoms with E-state index in [4.69, 9.17) is 22.4 Å². The van der Waals surface area contributed by atoms with E-state index in [1.54, 1.807) is 0 Å². The third-order valence-corrected chi connectivity index (χ3v) is 3.93. The van der Waals surface area contributed by atoms with Crippen molar-refractivity contribution >= 4 is 28.6 Å². The highest BCUT2D eigenvalue weighted by atomic mass is 35.5. The van der Waals surface area contributed by atoms with Crippen LogP contribution in [0, 0.1) is 0 Å². The van der Waals surface area contributed by atoms with Crippen LogP contribution in [-0.4, -0.2) is 21.3 Å². The predicted molar refractivity (Wildman–Crippen MR) is 90.1 cm³/mol. The van der Waals surface area contributed by atoms with Crippen LogP contribution < -0.4 is 5.73 Å². The number of fused-ring (bicyclic) bond motifs is 1. The van der Waals surface area contributed by atoms with Crippen molar-refractivity contribution in [2.75, 3.05) is 12.3 Å². The third-order valence-electron chi connectivity index (χ3n) is 3.70. The number of nitrogen functional groups attached to an aromatic ring is 1. The fraction of sp³-hybridized carbons (Fsp3) is 0.235. The summed E-state index contributed by atoms with van der Waals surface area (Å²) in [5.41, 5.74) is 10.2. The van der Waals surface area contributed by atoms with E-state index in [9.17, 15) is 0 Å². The maximum absolute atomic E-state index is 8.93. The Morgan fingerprint density at radius 2 is 2.00 bits per heavy atom. The lowest BCUT2D eigenvalue weighted by atomic mass is 10.1. The quantitative estimate of drug-likeness (QED) is 0.759. The molecule has 3 aromatic rings. The van der Waals surface area contributed by atoms with Crippen molar-refractivity contribution < 1.29 is 5.11 Å². The van der Waals surface area contributed by atoms with Crippen molar-refractivity contribution in [2.24, 2.45) is 0 Å². The van der Waals surface area contributed by atoms with Gasteiger partial charge in [0, 0.05) is 11.6 Å². The van der Waals surface area contributed by atoms with Crippen LogP contribution in [0.1, 0.15) is 17.5 Å². The molecule has 1 aromatic heterocycles. The van der Waals surface area contributed by atoms with Crippen LogP contribution in [-0.2, 0) is 13.0 Å². The molecule has 0 aliphatic carbocycles. The summed E-state index contributed by atoms with van der Waals surface area (Å²) in [6.45, 7) is 0.836. The average molecular weight is 316 g/mol. The number of aryl methyl sites for hydroxylation is 1. The van der Waals surface area contributed by atoms with Gasteiger partial charge in [-0.15, -0.1) is 0 Å². The van der Waals surface area contributed by atoms with Gasteiger partial charge in [0.2, 0.25) is 5.95 Å². The zero-order chi connectivity index (χ0) is 15.5. The van der Waals surface area contributed by atoms with Crippen LogP contribution in [0.2, 0.25) is 5.02 Å². The van der Waals surface area contributed by atoms with Crippen molar-refractivity contribution in [3.05, 3.63) is 58.6 Å². The summed E-state index contributed by atoms with van der Waals surface area (Å²) in [5.74, 6) is 0.495. The minimum Gasteiger partial charge on any atom is -0.396 e. The van der Waals surface area contributed by atoms with E-state index in [-0.39, 0.29) is 6.61 Å². The van der Waals surface area contributed by atoms with Gasteiger partial charge in [-0.3, -0.25) is 0 Å². The molecule has 0 radical (unpaired) electrons. The van der Waals surface area contributed by atoms with Crippen molar-refractivity contribution in [3.63, 3.8) is 0 Å². The zero-order valence-corrected chi connectivity index (χ0v) is 12.9. The molecule has 0 aliphatic heterocycles. The number of nitrogens with zero attached hydrogens (tertiary/aromatic N) is 2. The Morgan fingerprint density at radius 3 is 2.77 bits per heavy atom. The molecule has 0 bridgehead atoms. The molecule has 22 heavy (non-hydrogen) atoms. The molecule has 0 fully saturated rings. The second-order valence-corrected chi connectivity index (χ2v) is 5.77. The minimum atomic E-state index is 0.198. The summed E-state index contributed by atoms with van der Waals surface area (Å²) in [5, 5.41) is 9.64. The second-order valence-electron chi connectivity index (χ2n) is 5.34. The Hall–Kier alpha value is -2.04. The number of anilines is 1. The Balaban J connectivity index is 1.94. The highest BCUT2D eigenvalue weighted by molar-refractivity contribution is 6.30. The summed E-state index contributed by atoms with van der Waals surface area (Å²) in [6, 6.07) is 13.9. The SMILES string of the molecule is Nc1nc2cc(CCCO)ccc2n1Cc1cccc(Cl)c1. The van der Waals surface area contributed by atoms with E-state index in [0.717, 1.165) is 35.0 Å². The van der Waals surface area contributed by atoms with E-state index in [1.807, 2.05) is 41.0 Å². The zero-order valence-electron chi connectivity index (χ0n) is 12.2. The van der Waals surface area contributed by atoms with Crippen LogP contribution in [0.3, 0.4) is 0 Å². The van der Waals surface area contributed by atoms with Crippen LogP contribution >= 0.6 is 11.6 Å². The summed E-state index contributed by atoms with van der Waals surface area (Å²) in [6.07, 6.45) is 1.59. The Kier molecular flexibility index (Phi) is 4.32. The molecular weight excluding hydrogens is 298 g/mol. The second kappa shape index (κ2) is 6.38. The molecule has 4 nitrogen and oxygen atoms in total. The number of aromatic nitrogens is 2. The predicted octanol–water partition coefficient (Wildman–Crippen LogP) is 3.25. The number of aliphatic hydroxyl groups excluding tert-OH is 1. The highest BCUT2D eigenvalue weighted by Crippen LogP contribution is 2.22. The van der Waals surface area contributed by atoms with Gasteiger partial charge in [0.05, 0.1) is 17.6 Å². The summed E-state index contributed by atoms with van der Waals surface area (Å²) in [7, 11) is 0. The van der Waals surface area contributed by atoms with E-state index in [0.29, 0.717) is 17.5 Å². The maximum Gasteiger partial charge on any atom is 0.201 e. The summed E-state index contributed by atoms with van der Waals surface area (Å²) >= 11 is 6.04. The lowest BCUT2D eigenvalue weighted by molar-refractivity contribution is 0.288. The molecule has 0 unspecified atom stereocenters. The fourth-order valence-corrected chi connectivity index (χ4v) is 2.83. The molecule has 0 spiro atoms. The van der Waals surface area contributed by atoms with Gasteiger partial charge in [0.25, 0.3) is 0 Å². The van der Waals surface area contributed by atoms with Gasteiger partial charge in [-0.05, 0) is 48.2 Å². The molecule has 0 saturated carbocycles. The van der Waals surface area contributed by atoms with E-state index in [1.165, 1.54) is 0 Å². The van der Waals surface area contributed by atoms with Crippen molar-refractivity contribution in [1.29, 1.82) is 0 Å². The van der Waals surface area contributed by atoms with Crippen molar-refractivity contribution in [3.8, 4) is 0 Å². The smallest absolute Gasteiger partial charge is 0.201 e. The molecule has 0 amide bonds. The number of halogens is 1. The summed E-state index contributed by atoms with van der Waals surface area (Å²) in [4.78, 5) is 4.45. The van der Waals surface area contributed by atoms with Gasteiger partial charge < -0.3 is 15.4 Å². The molecule has 3 rings (SSSR count). The monoisotopic (exact) mass is 315 g/mol. The average Bonchev–Trinajstić information content (AvgIpc) is 2.80. The van der Waals surface area contributed by atoms with Crippen LogP contribution in [0.15, 0.2) is 42.5 Å². The highest BCUT2D eigenvalue weighted by Gasteiger charge is 2.09. The lowest BCUT2D eigenvalue weighted by Crippen LogP contribution is -2.04. The normalized spacial score (nSPS) is 11.2. The molecule has 3 N–H and O–H groups in total. The first kappa shape index (κ1) is 14.9. The van der Waals surface area contributed by atoms with Gasteiger partial charge in [-0.25, -0.2) is 4.98 Å². The molecule has 114 valence electrons. The molecule has 1 heterocycles. The van der Waals surface area contributed by atoms with Gasteiger partial charge in [0.15, 0.2) is 0 Å². The standard InChI is InChI=1S/C17H18ClN3O/c18-14-5-1-3-13(9-14)11-21-16-7-6-12(4-2-8-22)10-15(16)20-17(21)19/h1,3,5-7,9-10,22H,2,4,8,11H2,(H2,19,20). The third kappa shape index (κ3) is 3.08. The lowest BCUT2D eigenvalue weighted by Gasteiger charge is -2.07. The number of benzene rings is 2. The van der Waals surface area contributed by atoms with E-state index < -0.39 is 0 Å². The first-order valence-corrected chi connectivity index (χ1v) is 7.65. The molecule has 0 saturated heterocycles. The Morgan fingerprint density at radius 1 is 1.14 bits per heavy atom. The summed E-state index contributed by atoms with van der Waals surface area (Å²) < 4.78 is 1.98. The molecular formula is C17H18ClN3O. The largest absolute Gasteiger partial charge is 0.396 e. The topological polar surface area (TPSA) is 64.1 Å². The van der Waals surface area contributed by atoms with Crippen LogP contribution in [0.25, 0.3) is 11.0 Å². The maximum atomic E-state index is 8.93.